The van der Waals surface area contributed by atoms with E-state index in [-0.39, 0.29) is 28.8 Å². The number of nitrogens with one attached hydrogen (secondary N) is 2. The number of hydrogen-bond donors (Lipinski definition) is 2. The summed E-state index contributed by atoms with van der Waals surface area (Å²) in [4.78, 5) is 36.2. The van der Waals surface area contributed by atoms with Gasteiger partial charge >= 0.3 is 0 Å². The fourth-order valence-corrected chi connectivity index (χ4v) is 5.36. The number of aromatic nitrogens is 3. The van der Waals surface area contributed by atoms with Crippen LogP contribution in [0, 0.1) is 29.9 Å². The van der Waals surface area contributed by atoms with E-state index < -0.39 is 16.9 Å². The molecule has 2 N–H and O–H groups in total. The highest BCUT2D eigenvalue weighted by Gasteiger charge is 2.27. The SMILES string of the molecule is CCn1c(SCC(=O)Nc2c(C)cc(Br)cc2C)nnc1[C@@H](NC(=O)c1cccc([N+](=O)[O-])c1)C(C)C. The number of hydrogen-bond acceptors (Lipinski definition) is 7. The molecule has 1 heterocycles. The number of thioether (sulfide) groups is 1. The predicted molar refractivity (Wildman–Crippen MR) is 147 cm³/mol. The molecule has 1 atom stereocenters. The van der Waals surface area contributed by atoms with Crippen LogP contribution in [0.15, 0.2) is 46.0 Å². The first-order valence-corrected chi connectivity index (χ1v) is 13.5. The van der Waals surface area contributed by atoms with Crippen LogP contribution in [0.3, 0.4) is 0 Å². The summed E-state index contributed by atoms with van der Waals surface area (Å²) in [5, 5.41) is 26.2. The Morgan fingerprint density at radius 3 is 2.43 bits per heavy atom. The first kappa shape index (κ1) is 28.3. The predicted octanol–water partition coefficient (Wildman–Crippen LogP) is 5.44. The average Bonchev–Trinajstić information content (AvgIpc) is 3.25. The number of nitrogens with zero attached hydrogens (tertiary/aromatic N) is 4. The van der Waals surface area contributed by atoms with E-state index in [4.69, 9.17) is 0 Å². The van der Waals surface area contributed by atoms with E-state index in [2.05, 4.69) is 36.8 Å². The van der Waals surface area contributed by atoms with Crippen LogP contribution in [0.25, 0.3) is 0 Å². The summed E-state index contributed by atoms with van der Waals surface area (Å²) in [6.45, 7) is 10.2. The van der Waals surface area contributed by atoms with Crippen molar-refractivity contribution in [3.05, 3.63) is 73.5 Å². The lowest BCUT2D eigenvalue weighted by Crippen LogP contribution is -2.33. The second kappa shape index (κ2) is 12.3. The third kappa shape index (κ3) is 6.95. The van der Waals surface area contributed by atoms with Crippen LogP contribution in [0.5, 0.6) is 0 Å². The second-order valence-corrected chi connectivity index (χ2v) is 10.7. The third-order valence-electron chi connectivity index (χ3n) is 5.71. The number of non-ortho nitro benzene ring substituents is 1. The van der Waals surface area contributed by atoms with Gasteiger partial charge in [0.25, 0.3) is 11.6 Å². The minimum atomic E-state index is -0.538. The van der Waals surface area contributed by atoms with Crippen LogP contribution in [0.4, 0.5) is 11.4 Å². The Hall–Kier alpha value is -3.25. The van der Waals surface area contributed by atoms with Crippen LogP contribution < -0.4 is 10.6 Å². The molecule has 3 aromatic rings. The molecule has 0 bridgehead atoms. The summed E-state index contributed by atoms with van der Waals surface area (Å²) < 4.78 is 2.82. The Morgan fingerprint density at radius 2 is 1.84 bits per heavy atom. The number of amides is 2. The van der Waals surface area contributed by atoms with Gasteiger partial charge in [-0.05, 0) is 56.0 Å². The van der Waals surface area contributed by atoms with Gasteiger partial charge < -0.3 is 15.2 Å². The lowest BCUT2D eigenvalue weighted by Gasteiger charge is -2.22. The van der Waals surface area contributed by atoms with Crippen molar-refractivity contribution in [3.8, 4) is 0 Å². The highest BCUT2D eigenvalue weighted by atomic mass is 79.9. The van der Waals surface area contributed by atoms with E-state index in [1.54, 1.807) is 0 Å². The fraction of sp³-hybridized carbons (Fsp3) is 0.360. The van der Waals surface area contributed by atoms with Gasteiger partial charge in [0.15, 0.2) is 11.0 Å². The van der Waals surface area contributed by atoms with E-state index in [1.165, 1.54) is 36.0 Å². The molecule has 0 aliphatic carbocycles. The number of carbonyl (C=O) groups excluding carboxylic acids is 2. The van der Waals surface area contributed by atoms with Crippen molar-refractivity contribution in [2.45, 2.75) is 52.4 Å². The number of halogens is 1. The topological polar surface area (TPSA) is 132 Å². The molecular weight excluding hydrogens is 560 g/mol. The number of anilines is 1. The summed E-state index contributed by atoms with van der Waals surface area (Å²) >= 11 is 4.73. The molecule has 0 saturated heterocycles. The van der Waals surface area contributed by atoms with Gasteiger partial charge in [-0.25, -0.2) is 0 Å². The molecule has 2 aromatic carbocycles. The van der Waals surface area contributed by atoms with Crippen molar-refractivity contribution in [3.63, 3.8) is 0 Å². The number of rotatable bonds is 10. The summed E-state index contributed by atoms with van der Waals surface area (Å²) in [5.41, 5.74) is 2.74. The van der Waals surface area contributed by atoms with Crippen LogP contribution in [-0.2, 0) is 11.3 Å². The zero-order valence-corrected chi connectivity index (χ0v) is 23.6. The average molecular weight is 590 g/mol. The van der Waals surface area contributed by atoms with Gasteiger partial charge in [-0.1, -0.05) is 47.6 Å². The van der Waals surface area contributed by atoms with E-state index >= 15 is 0 Å². The molecule has 2 amide bonds. The first-order chi connectivity index (χ1) is 17.5. The third-order valence-corrected chi connectivity index (χ3v) is 7.13. The summed E-state index contributed by atoms with van der Waals surface area (Å²) in [7, 11) is 0. The molecule has 10 nitrogen and oxygen atoms in total. The van der Waals surface area contributed by atoms with Gasteiger partial charge in [0.05, 0.1) is 16.7 Å². The van der Waals surface area contributed by atoms with E-state index in [1.807, 2.05) is 51.3 Å². The second-order valence-electron chi connectivity index (χ2n) is 8.84. The van der Waals surface area contributed by atoms with Crippen LogP contribution in [0.2, 0.25) is 0 Å². The normalized spacial score (nSPS) is 11.9. The smallest absolute Gasteiger partial charge is 0.270 e. The highest BCUT2D eigenvalue weighted by molar-refractivity contribution is 9.10. The fourth-order valence-electron chi connectivity index (χ4n) is 3.86. The van der Waals surface area contributed by atoms with Gasteiger partial charge in [-0.15, -0.1) is 10.2 Å². The summed E-state index contributed by atoms with van der Waals surface area (Å²) in [6, 6.07) is 8.99. The van der Waals surface area contributed by atoms with Crippen LogP contribution >= 0.6 is 27.7 Å². The maximum absolute atomic E-state index is 12.9. The zero-order valence-electron chi connectivity index (χ0n) is 21.2. The van der Waals surface area contributed by atoms with Crippen molar-refractivity contribution in [1.29, 1.82) is 0 Å². The molecular formula is C25H29BrN6O4S. The lowest BCUT2D eigenvalue weighted by molar-refractivity contribution is -0.384. The minimum absolute atomic E-state index is 0.0401. The molecule has 12 heteroatoms. The Kier molecular flexibility index (Phi) is 9.44. The number of benzene rings is 2. The Bertz CT molecular complexity index is 1300. The lowest BCUT2D eigenvalue weighted by atomic mass is 10.0. The van der Waals surface area contributed by atoms with Crippen molar-refractivity contribution in [1.82, 2.24) is 20.1 Å². The molecule has 3 rings (SSSR count). The van der Waals surface area contributed by atoms with Gasteiger partial charge in [0.2, 0.25) is 5.91 Å². The molecule has 0 aliphatic rings. The Morgan fingerprint density at radius 1 is 1.16 bits per heavy atom. The number of aryl methyl sites for hydroxylation is 2. The molecule has 1 aromatic heterocycles. The van der Waals surface area contributed by atoms with E-state index in [9.17, 15) is 19.7 Å². The molecule has 37 heavy (non-hydrogen) atoms. The number of nitro groups is 1. The minimum Gasteiger partial charge on any atom is -0.342 e. The molecule has 196 valence electrons. The monoisotopic (exact) mass is 588 g/mol. The van der Waals surface area contributed by atoms with Crippen LogP contribution in [0.1, 0.15) is 54.1 Å². The zero-order chi connectivity index (χ0) is 27.3. The van der Waals surface area contributed by atoms with Crippen molar-refractivity contribution in [2.75, 3.05) is 11.1 Å². The standard InChI is InChI=1S/C25H29BrN6O4S/c1-6-31-23(21(14(2)3)28-24(34)17-8-7-9-19(12-17)32(35)36)29-30-25(31)37-13-20(33)27-22-15(4)10-18(26)11-16(22)5/h7-12,14,21H,6,13H2,1-5H3,(H,27,33)(H,28,34)/t21-/m0/s1. The van der Waals surface area contributed by atoms with Gasteiger partial charge in [-0.2, -0.15) is 0 Å². The molecule has 0 fully saturated rings. The van der Waals surface area contributed by atoms with Gasteiger partial charge in [-0.3, -0.25) is 19.7 Å². The Labute approximate surface area is 227 Å². The largest absolute Gasteiger partial charge is 0.342 e. The molecule has 0 spiro atoms. The maximum Gasteiger partial charge on any atom is 0.270 e. The molecule has 0 saturated carbocycles. The number of carbonyl (C=O) groups is 2. The van der Waals surface area contributed by atoms with Crippen molar-refractivity contribution < 1.29 is 14.5 Å². The Balaban J connectivity index is 1.75. The molecule has 0 radical (unpaired) electrons. The van der Waals surface area contributed by atoms with Crippen molar-refractivity contribution in [2.24, 2.45) is 5.92 Å². The summed E-state index contributed by atoms with van der Waals surface area (Å²) in [6.07, 6.45) is 0. The van der Waals surface area contributed by atoms with E-state index in [0.29, 0.717) is 17.5 Å². The number of nitro benzene ring substituents is 1. The van der Waals surface area contributed by atoms with Gasteiger partial charge in [0, 0.05) is 34.4 Å². The summed E-state index contributed by atoms with van der Waals surface area (Å²) in [5.74, 6) is 0.0480. The first-order valence-electron chi connectivity index (χ1n) is 11.7. The molecule has 0 aliphatic heterocycles. The van der Waals surface area contributed by atoms with Gasteiger partial charge in [0.1, 0.15) is 0 Å². The molecule has 0 unspecified atom stereocenters. The van der Waals surface area contributed by atoms with Crippen molar-refractivity contribution >= 4 is 50.9 Å². The quantitative estimate of drug-likeness (QED) is 0.183. The maximum atomic E-state index is 12.9. The van der Waals surface area contributed by atoms with E-state index in [0.717, 1.165) is 21.3 Å². The van der Waals surface area contributed by atoms with Crippen LogP contribution in [-0.4, -0.2) is 37.3 Å². The highest BCUT2D eigenvalue weighted by Crippen LogP contribution is 2.28.